The number of likely N-dealkylation sites (N-methyl/N-ethyl adjacent to an activating group) is 1. The Morgan fingerprint density at radius 3 is 2.38 bits per heavy atom. The Bertz CT molecular complexity index is 545. The van der Waals surface area contributed by atoms with Crippen LogP contribution in [0.5, 0.6) is 0 Å². The molecule has 1 unspecified atom stereocenters. The minimum absolute atomic E-state index is 0.130. The predicted octanol–water partition coefficient (Wildman–Crippen LogP) is 2.84. The van der Waals surface area contributed by atoms with E-state index in [0.717, 1.165) is 31.8 Å². The van der Waals surface area contributed by atoms with Crippen LogP contribution < -0.4 is 5.32 Å². The number of piperidine rings is 1. The van der Waals surface area contributed by atoms with Crippen LogP contribution in [0.1, 0.15) is 47.0 Å². The van der Waals surface area contributed by atoms with Crippen LogP contribution in [-0.4, -0.2) is 67.5 Å². The number of nitrogens with one attached hydrogen (secondary N) is 1. The molecule has 2 heterocycles. The van der Waals surface area contributed by atoms with Crippen molar-refractivity contribution in [3.8, 4) is 0 Å². The van der Waals surface area contributed by atoms with Gasteiger partial charge in [-0.1, -0.05) is 26.8 Å². The molecule has 2 rings (SSSR count). The Balaban J connectivity index is 1.81. The monoisotopic (exact) mass is 366 g/mol. The van der Waals surface area contributed by atoms with Crippen molar-refractivity contribution in [3.63, 3.8) is 0 Å². The van der Waals surface area contributed by atoms with Crippen molar-refractivity contribution in [3.05, 3.63) is 11.8 Å². The van der Waals surface area contributed by atoms with Crippen molar-refractivity contribution >= 4 is 11.9 Å². The summed E-state index contributed by atoms with van der Waals surface area (Å²) < 4.78 is 14.2. The fraction of sp³-hybridized carbons (Fsp3) is 0.800. The summed E-state index contributed by atoms with van der Waals surface area (Å²) in [5, 5.41) is 2.48. The van der Waals surface area contributed by atoms with E-state index >= 15 is 0 Å². The first kappa shape index (κ1) is 21.0. The number of nitrogens with zero attached hydrogens (tertiary/aromatic N) is 3. The second-order valence-corrected chi connectivity index (χ2v) is 8.59. The lowest BCUT2D eigenvalue weighted by atomic mass is 9.80. The molecule has 0 saturated carbocycles. The van der Waals surface area contributed by atoms with Crippen molar-refractivity contribution in [2.75, 3.05) is 39.8 Å². The number of amides is 1. The largest absolute Gasteiger partial charge is 0.354 e. The minimum atomic E-state index is -0.492. The zero-order chi connectivity index (χ0) is 19.3. The van der Waals surface area contributed by atoms with Gasteiger partial charge in [0.2, 0.25) is 5.97 Å². The number of carbonyl (C=O) groups excluding carboxylic acids is 1. The number of halogens is 1. The minimum Gasteiger partial charge on any atom is -0.354 e. The molecule has 1 atom stereocenters. The molecule has 6 heteroatoms. The van der Waals surface area contributed by atoms with E-state index in [9.17, 15) is 9.18 Å². The molecule has 5 nitrogen and oxygen atoms in total. The predicted molar refractivity (Wildman–Crippen MR) is 105 cm³/mol. The highest BCUT2D eigenvalue weighted by atomic mass is 19.1. The van der Waals surface area contributed by atoms with E-state index in [2.05, 4.69) is 40.9 Å². The maximum Gasteiger partial charge on any atom is 0.269 e. The van der Waals surface area contributed by atoms with E-state index in [0.29, 0.717) is 11.5 Å². The summed E-state index contributed by atoms with van der Waals surface area (Å²) >= 11 is 0. The van der Waals surface area contributed by atoms with Gasteiger partial charge in [-0.05, 0) is 44.1 Å². The van der Waals surface area contributed by atoms with E-state index in [-0.39, 0.29) is 18.1 Å². The van der Waals surface area contributed by atoms with Crippen LogP contribution in [-0.2, 0) is 4.79 Å². The fourth-order valence-electron chi connectivity index (χ4n) is 3.99. The van der Waals surface area contributed by atoms with Gasteiger partial charge in [0.1, 0.15) is 5.70 Å². The summed E-state index contributed by atoms with van der Waals surface area (Å²) in [5.41, 5.74) is 0.509. The van der Waals surface area contributed by atoms with Gasteiger partial charge in [0, 0.05) is 32.7 Å². The van der Waals surface area contributed by atoms with Crippen molar-refractivity contribution in [1.29, 1.82) is 0 Å². The molecule has 1 amide bonds. The Kier molecular flexibility index (Phi) is 7.35. The van der Waals surface area contributed by atoms with Crippen molar-refractivity contribution in [2.24, 2.45) is 16.3 Å². The third-order valence-corrected chi connectivity index (χ3v) is 5.85. The number of allylic oxidation sites excluding steroid dienone is 1. The first-order valence-corrected chi connectivity index (χ1v) is 9.82. The van der Waals surface area contributed by atoms with Crippen LogP contribution in [0.3, 0.4) is 0 Å². The van der Waals surface area contributed by atoms with E-state index in [1.807, 2.05) is 0 Å². The average Bonchev–Trinajstić information content (AvgIpc) is 3.10. The van der Waals surface area contributed by atoms with E-state index in [1.54, 1.807) is 6.92 Å². The molecule has 0 aromatic heterocycles. The Morgan fingerprint density at radius 2 is 1.88 bits per heavy atom. The molecule has 0 aromatic rings. The van der Waals surface area contributed by atoms with Crippen LogP contribution >= 0.6 is 0 Å². The van der Waals surface area contributed by atoms with Gasteiger partial charge in [-0.15, -0.1) is 0 Å². The molecule has 0 radical (unpaired) electrons. The van der Waals surface area contributed by atoms with Crippen molar-refractivity contribution in [1.82, 2.24) is 15.1 Å². The first-order chi connectivity index (χ1) is 12.2. The summed E-state index contributed by atoms with van der Waals surface area (Å²) in [6.07, 6.45) is 4.98. The third kappa shape index (κ3) is 5.61. The van der Waals surface area contributed by atoms with E-state index in [4.69, 9.17) is 0 Å². The molecular formula is C20H35FN4O. The fourth-order valence-corrected chi connectivity index (χ4v) is 3.99. The molecule has 0 spiro atoms. The van der Waals surface area contributed by atoms with Crippen LogP contribution in [0.25, 0.3) is 0 Å². The van der Waals surface area contributed by atoms with Crippen LogP contribution in [0.15, 0.2) is 16.8 Å². The topological polar surface area (TPSA) is 47.9 Å². The summed E-state index contributed by atoms with van der Waals surface area (Å²) in [6, 6.07) is 0.621. The number of aliphatic imine (C=N–C) groups is 1. The normalized spacial score (nSPS) is 24.9. The molecule has 148 valence electrons. The molecule has 26 heavy (non-hydrogen) atoms. The van der Waals surface area contributed by atoms with E-state index < -0.39 is 5.97 Å². The second-order valence-electron chi connectivity index (χ2n) is 8.59. The maximum absolute atomic E-state index is 14.2. The molecule has 2 fully saturated rings. The van der Waals surface area contributed by atoms with Gasteiger partial charge in [0.05, 0.1) is 6.54 Å². The molecule has 1 N–H and O–H groups in total. The van der Waals surface area contributed by atoms with Crippen molar-refractivity contribution < 1.29 is 9.18 Å². The molecule has 0 aromatic carbocycles. The SMILES string of the molecule is C/C=C(\N=C(F)CN1CCC(N2CCC(C(C)(C)C)C2)CC1)C(=O)NC. The number of hydrogen-bond acceptors (Lipinski definition) is 4. The lowest BCUT2D eigenvalue weighted by Gasteiger charge is -2.37. The van der Waals surface area contributed by atoms with Gasteiger partial charge < -0.3 is 5.32 Å². The van der Waals surface area contributed by atoms with Gasteiger partial charge in [-0.25, -0.2) is 4.99 Å². The standard InChI is InChI=1S/C20H35FN4O/c1-6-17(19(26)22-5)23-18(21)14-24-10-8-16(9-11-24)25-12-7-15(13-25)20(2,3)4/h6,15-16H,7-14H2,1-5H3,(H,22,26)/b17-6-,23-18?. The lowest BCUT2D eigenvalue weighted by molar-refractivity contribution is -0.117. The first-order valence-electron chi connectivity index (χ1n) is 9.82. The Labute approximate surface area is 157 Å². The number of carbonyl (C=O) groups is 1. The van der Waals surface area contributed by atoms with Crippen LogP contribution in [0.4, 0.5) is 4.39 Å². The molecular weight excluding hydrogens is 331 g/mol. The van der Waals surface area contributed by atoms with Crippen molar-refractivity contribution in [2.45, 2.75) is 53.0 Å². The molecule has 2 saturated heterocycles. The number of hydrogen-bond donors (Lipinski definition) is 1. The Morgan fingerprint density at radius 1 is 1.23 bits per heavy atom. The summed E-state index contributed by atoms with van der Waals surface area (Å²) in [4.78, 5) is 20.2. The third-order valence-electron chi connectivity index (χ3n) is 5.85. The highest BCUT2D eigenvalue weighted by Gasteiger charge is 2.35. The summed E-state index contributed by atoms with van der Waals surface area (Å²) in [7, 11) is 1.52. The summed E-state index contributed by atoms with van der Waals surface area (Å²) in [6.45, 7) is 13.0. The molecule has 0 aliphatic carbocycles. The second kappa shape index (κ2) is 9.09. The molecule has 2 aliphatic heterocycles. The van der Waals surface area contributed by atoms with Gasteiger partial charge >= 0.3 is 0 Å². The highest BCUT2D eigenvalue weighted by molar-refractivity contribution is 5.95. The summed E-state index contributed by atoms with van der Waals surface area (Å²) in [5.74, 6) is -0.0769. The molecule has 0 bridgehead atoms. The van der Waals surface area contributed by atoms with Gasteiger partial charge in [-0.3, -0.25) is 14.6 Å². The zero-order valence-electron chi connectivity index (χ0n) is 17.0. The van der Waals surface area contributed by atoms with E-state index in [1.165, 1.54) is 32.6 Å². The molecule has 2 aliphatic rings. The average molecular weight is 367 g/mol. The smallest absolute Gasteiger partial charge is 0.269 e. The van der Waals surface area contributed by atoms with Gasteiger partial charge in [0.25, 0.3) is 5.91 Å². The van der Waals surface area contributed by atoms with Crippen LogP contribution in [0.2, 0.25) is 0 Å². The zero-order valence-corrected chi connectivity index (χ0v) is 17.0. The van der Waals surface area contributed by atoms with Crippen LogP contribution in [0, 0.1) is 11.3 Å². The highest BCUT2D eigenvalue weighted by Crippen LogP contribution is 2.35. The van der Waals surface area contributed by atoms with Gasteiger partial charge in [0.15, 0.2) is 0 Å². The number of rotatable bonds is 5. The Hall–Kier alpha value is -1.27. The number of likely N-dealkylation sites (tertiary alicyclic amines) is 2. The van der Waals surface area contributed by atoms with Gasteiger partial charge in [-0.2, -0.15) is 4.39 Å². The lowest BCUT2D eigenvalue weighted by Crippen LogP contribution is -2.45. The quantitative estimate of drug-likeness (QED) is 0.601. The maximum atomic E-state index is 14.2.